The lowest BCUT2D eigenvalue weighted by Gasteiger charge is -2.38. The fraction of sp³-hybridized carbons (Fsp3) is 0.476. The van der Waals surface area contributed by atoms with E-state index in [0.717, 1.165) is 43.4 Å². The molecule has 1 amide bonds. The average Bonchev–Trinajstić information content (AvgIpc) is 2.79. The van der Waals surface area contributed by atoms with Crippen LogP contribution in [0.4, 0.5) is 5.69 Å². The molecule has 1 saturated heterocycles. The molecule has 3 rings (SSSR count). The summed E-state index contributed by atoms with van der Waals surface area (Å²) in [7, 11) is 3.18. The number of nitrogens with zero attached hydrogens (tertiary/aromatic N) is 3. The van der Waals surface area contributed by atoms with Crippen LogP contribution in [0.25, 0.3) is 0 Å². The second-order valence-electron chi connectivity index (χ2n) is 7.25. The molecule has 1 aromatic heterocycles. The summed E-state index contributed by atoms with van der Waals surface area (Å²) >= 11 is 7.76. The second-order valence-corrected chi connectivity index (χ2v) is 8.72. The molecule has 1 aliphatic rings. The number of thioether (sulfide) groups is 1. The van der Waals surface area contributed by atoms with Crippen LogP contribution in [-0.2, 0) is 4.74 Å². The van der Waals surface area contributed by atoms with Gasteiger partial charge in [0.05, 0.1) is 35.5 Å². The van der Waals surface area contributed by atoms with Gasteiger partial charge in [0.1, 0.15) is 5.75 Å². The number of aromatic nitrogens is 2. The van der Waals surface area contributed by atoms with Gasteiger partial charge in [-0.1, -0.05) is 23.4 Å². The number of likely N-dealkylation sites (tertiary alicyclic amines) is 1. The topological polar surface area (TPSA) is 103 Å². The summed E-state index contributed by atoms with van der Waals surface area (Å²) in [5.41, 5.74) is 6.54. The molecule has 168 valence electrons. The van der Waals surface area contributed by atoms with E-state index in [1.54, 1.807) is 37.3 Å². The van der Waals surface area contributed by atoms with Gasteiger partial charge < -0.3 is 25.4 Å². The van der Waals surface area contributed by atoms with E-state index in [9.17, 15) is 4.79 Å². The summed E-state index contributed by atoms with van der Waals surface area (Å²) in [6.07, 6.45) is 5.23. The lowest BCUT2D eigenvalue weighted by atomic mass is 10.0. The van der Waals surface area contributed by atoms with Crippen molar-refractivity contribution in [3.05, 3.63) is 41.2 Å². The van der Waals surface area contributed by atoms with E-state index in [1.807, 2.05) is 6.07 Å². The van der Waals surface area contributed by atoms with E-state index in [2.05, 4.69) is 20.2 Å². The largest absolute Gasteiger partial charge is 0.496 e. The van der Waals surface area contributed by atoms with Crippen molar-refractivity contribution in [1.82, 2.24) is 20.2 Å². The molecule has 2 unspecified atom stereocenters. The zero-order valence-corrected chi connectivity index (χ0v) is 19.3. The van der Waals surface area contributed by atoms with Gasteiger partial charge in [0.2, 0.25) is 0 Å². The van der Waals surface area contributed by atoms with E-state index < -0.39 is 0 Å². The molecule has 0 spiro atoms. The number of rotatable bonds is 9. The van der Waals surface area contributed by atoms with Crippen molar-refractivity contribution in [2.24, 2.45) is 0 Å². The molecule has 0 radical (unpaired) electrons. The molecule has 2 aromatic rings. The highest BCUT2D eigenvalue weighted by molar-refractivity contribution is 7.99. The smallest absolute Gasteiger partial charge is 0.255 e. The van der Waals surface area contributed by atoms with Crippen LogP contribution in [0.5, 0.6) is 5.75 Å². The lowest BCUT2D eigenvalue weighted by Crippen LogP contribution is -2.55. The van der Waals surface area contributed by atoms with E-state index in [4.69, 9.17) is 26.8 Å². The van der Waals surface area contributed by atoms with E-state index in [-0.39, 0.29) is 18.1 Å². The van der Waals surface area contributed by atoms with Gasteiger partial charge in [0.15, 0.2) is 5.16 Å². The first-order valence-electron chi connectivity index (χ1n) is 10.1. The summed E-state index contributed by atoms with van der Waals surface area (Å²) in [5, 5.41) is 4.20. The van der Waals surface area contributed by atoms with Crippen LogP contribution >= 0.6 is 23.4 Å². The van der Waals surface area contributed by atoms with E-state index in [0.29, 0.717) is 22.0 Å². The molecular formula is C21H28ClN5O3S. The standard InChI is InChI=1S/C21H28ClN5O3S/c1-29-18-12-16(23)15(22)11-14(18)20(28)26-17-5-9-27(13-19(17)30-2)8-4-10-31-21-24-6-3-7-25-21/h3,6-7,11-12,17,19H,4-5,8-10,13,23H2,1-2H3,(H,26,28). The number of benzene rings is 1. The maximum atomic E-state index is 12.9. The molecule has 2 heterocycles. The Morgan fingerprint density at radius 3 is 2.84 bits per heavy atom. The molecule has 0 saturated carbocycles. The number of nitrogens with one attached hydrogen (secondary N) is 1. The van der Waals surface area contributed by atoms with Crippen molar-refractivity contribution in [3.8, 4) is 5.75 Å². The number of piperidine rings is 1. The van der Waals surface area contributed by atoms with Gasteiger partial charge in [-0.05, 0) is 31.5 Å². The molecule has 10 heteroatoms. The Labute approximate surface area is 191 Å². The monoisotopic (exact) mass is 465 g/mol. The van der Waals surface area contributed by atoms with Crippen molar-refractivity contribution in [2.75, 3.05) is 45.3 Å². The Morgan fingerprint density at radius 2 is 2.13 bits per heavy atom. The van der Waals surface area contributed by atoms with E-state index >= 15 is 0 Å². The third-order valence-corrected chi connectivity index (χ3v) is 6.51. The number of halogens is 1. The van der Waals surface area contributed by atoms with Crippen LogP contribution in [0.3, 0.4) is 0 Å². The zero-order chi connectivity index (χ0) is 22.2. The molecule has 1 aliphatic heterocycles. The van der Waals surface area contributed by atoms with Crippen molar-refractivity contribution in [2.45, 2.75) is 30.1 Å². The summed E-state index contributed by atoms with van der Waals surface area (Å²) in [6, 6.07) is 4.82. The second kappa shape index (κ2) is 11.5. The zero-order valence-electron chi connectivity index (χ0n) is 17.7. The highest BCUT2D eigenvalue weighted by Gasteiger charge is 2.31. The van der Waals surface area contributed by atoms with Crippen molar-refractivity contribution < 1.29 is 14.3 Å². The van der Waals surface area contributed by atoms with Crippen LogP contribution in [0.1, 0.15) is 23.2 Å². The third-order valence-electron chi connectivity index (χ3n) is 5.22. The maximum Gasteiger partial charge on any atom is 0.255 e. The van der Waals surface area contributed by atoms with Gasteiger partial charge in [-0.3, -0.25) is 4.79 Å². The number of nitrogens with two attached hydrogens (primary N) is 1. The number of ether oxygens (including phenoxy) is 2. The number of methoxy groups -OCH3 is 2. The maximum absolute atomic E-state index is 12.9. The minimum Gasteiger partial charge on any atom is -0.496 e. The van der Waals surface area contributed by atoms with Crippen LogP contribution < -0.4 is 15.8 Å². The summed E-state index contributed by atoms with van der Waals surface area (Å²) in [4.78, 5) is 23.7. The Morgan fingerprint density at radius 1 is 1.35 bits per heavy atom. The minimum atomic E-state index is -0.251. The van der Waals surface area contributed by atoms with Gasteiger partial charge in [-0.2, -0.15) is 0 Å². The number of hydrogen-bond acceptors (Lipinski definition) is 8. The molecule has 3 N–H and O–H groups in total. The number of carbonyl (C=O) groups excluding carboxylic acids is 1. The lowest BCUT2D eigenvalue weighted by molar-refractivity contribution is 0.00655. The van der Waals surface area contributed by atoms with Crippen molar-refractivity contribution in [1.29, 1.82) is 0 Å². The highest BCUT2D eigenvalue weighted by atomic mass is 35.5. The van der Waals surface area contributed by atoms with Crippen LogP contribution in [-0.4, -0.2) is 72.5 Å². The summed E-state index contributed by atoms with van der Waals surface area (Å²) in [6.45, 7) is 2.60. The average molecular weight is 466 g/mol. The molecule has 2 atom stereocenters. The quantitative estimate of drug-likeness (QED) is 0.252. The van der Waals surface area contributed by atoms with Gasteiger partial charge in [-0.15, -0.1) is 0 Å². The molecule has 1 aromatic carbocycles. The molecule has 0 aliphatic carbocycles. The first-order valence-corrected chi connectivity index (χ1v) is 11.5. The SMILES string of the molecule is COc1cc(N)c(Cl)cc1C(=O)NC1CCN(CCCSc2ncccn2)CC1OC. The summed E-state index contributed by atoms with van der Waals surface area (Å²) in [5.74, 6) is 1.10. The van der Waals surface area contributed by atoms with E-state index in [1.165, 1.54) is 13.2 Å². The van der Waals surface area contributed by atoms with Gasteiger partial charge in [0, 0.05) is 44.4 Å². The van der Waals surface area contributed by atoms with Gasteiger partial charge >= 0.3 is 0 Å². The van der Waals surface area contributed by atoms with Crippen LogP contribution in [0.15, 0.2) is 35.7 Å². The van der Waals surface area contributed by atoms with Crippen LogP contribution in [0.2, 0.25) is 5.02 Å². The molecule has 31 heavy (non-hydrogen) atoms. The Kier molecular flexibility index (Phi) is 8.77. The number of anilines is 1. The molecule has 8 nitrogen and oxygen atoms in total. The molecular weight excluding hydrogens is 438 g/mol. The number of nitrogen functional groups attached to an aromatic ring is 1. The summed E-state index contributed by atoms with van der Waals surface area (Å²) < 4.78 is 11.0. The Hall–Kier alpha value is -2.07. The number of amides is 1. The van der Waals surface area contributed by atoms with Crippen molar-refractivity contribution in [3.63, 3.8) is 0 Å². The molecule has 0 bridgehead atoms. The van der Waals surface area contributed by atoms with Crippen molar-refractivity contribution >= 4 is 35.0 Å². The predicted molar refractivity (Wildman–Crippen MR) is 123 cm³/mol. The van der Waals surface area contributed by atoms with Gasteiger partial charge in [0.25, 0.3) is 5.91 Å². The first kappa shape index (κ1) is 23.6. The molecule has 1 fully saturated rings. The van der Waals surface area contributed by atoms with Crippen LogP contribution in [0, 0.1) is 0 Å². The van der Waals surface area contributed by atoms with Gasteiger partial charge in [-0.25, -0.2) is 9.97 Å². The normalized spacial score (nSPS) is 19.2. The number of carbonyl (C=O) groups is 1. The Balaban J connectivity index is 1.50. The Bertz CT molecular complexity index is 874. The minimum absolute atomic E-state index is 0.0955. The fourth-order valence-electron chi connectivity index (χ4n) is 3.56. The predicted octanol–water partition coefficient (Wildman–Crippen LogP) is 2.72. The highest BCUT2D eigenvalue weighted by Crippen LogP contribution is 2.29. The first-order chi connectivity index (χ1) is 15.0. The third kappa shape index (κ3) is 6.46. The number of hydrogen-bond donors (Lipinski definition) is 2. The fourth-order valence-corrected chi connectivity index (χ4v) is 4.45.